The van der Waals surface area contributed by atoms with Crippen LogP contribution in [0.1, 0.15) is 10.6 Å². The first-order valence-corrected chi connectivity index (χ1v) is 5.45. The first kappa shape index (κ1) is 10.9. The van der Waals surface area contributed by atoms with Gasteiger partial charge in [-0.25, -0.2) is 8.78 Å². The van der Waals surface area contributed by atoms with E-state index in [0.29, 0.717) is 5.13 Å². The Morgan fingerprint density at radius 3 is 2.81 bits per heavy atom. The molecule has 16 heavy (non-hydrogen) atoms. The molecule has 0 saturated carbocycles. The van der Waals surface area contributed by atoms with E-state index < -0.39 is 11.6 Å². The van der Waals surface area contributed by atoms with Gasteiger partial charge in [0.25, 0.3) is 0 Å². The highest BCUT2D eigenvalue weighted by atomic mass is 32.1. The maximum Gasteiger partial charge on any atom is 0.205 e. The molecule has 0 aliphatic carbocycles. The van der Waals surface area contributed by atoms with E-state index in [-0.39, 0.29) is 12.1 Å². The van der Waals surface area contributed by atoms with E-state index >= 15 is 0 Å². The highest BCUT2D eigenvalue weighted by Gasteiger charge is 2.07. The number of aryl methyl sites for hydroxylation is 1. The van der Waals surface area contributed by atoms with E-state index in [9.17, 15) is 8.78 Å². The molecular weight excluding hydrogens is 232 g/mol. The molecule has 2 rings (SSSR count). The van der Waals surface area contributed by atoms with E-state index in [2.05, 4.69) is 15.5 Å². The fourth-order valence-electron chi connectivity index (χ4n) is 1.22. The van der Waals surface area contributed by atoms with Gasteiger partial charge in [0.15, 0.2) is 11.6 Å². The highest BCUT2D eigenvalue weighted by Crippen LogP contribution is 2.17. The lowest BCUT2D eigenvalue weighted by Crippen LogP contribution is -2.02. The maximum absolute atomic E-state index is 13.3. The summed E-state index contributed by atoms with van der Waals surface area (Å²) in [5.41, 5.74) is 0.271. The van der Waals surface area contributed by atoms with Gasteiger partial charge < -0.3 is 5.32 Å². The largest absolute Gasteiger partial charge is 0.356 e. The standard InChI is InChI=1S/C10H9F2N3S/c1-6-14-15-10(16-6)13-5-7-3-2-4-8(11)9(7)12/h2-4H,5H2,1H3,(H,13,15). The van der Waals surface area contributed by atoms with Crippen molar-refractivity contribution in [3.05, 3.63) is 40.4 Å². The fourth-order valence-corrected chi connectivity index (χ4v) is 1.81. The first-order valence-electron chi connectivity index (χ1n) is 4.63. The summed E-state index contributed by atoms with van der Waals surface area (Å²) < 4.78 is 26.1. The number of hydrogen-bond acceptors (Lipinski definition) is 4. The van der Waals surface area contributed by atoms with Crippen molar-refractivity contribution < 1.29 is 8.78 Å². The van der Waals surface area contributed by atoms with Gasteiger partial charge >= 0.3 is 0 Å². The van der Waals surface area contributed by atoms with E-state index in [1.54, 1.807) is 0 Å². The van der Waals surface area contributed by atoms with Gasteiger partial charge in [-0.2, -0.15) is 0 Å². The predicted molar refractivity (Wildman–Crippen MR) is 58.3 cm³/mol. The molecule has 2 aromatic rings. The average Bonchev–Trinajstić information content (AvgIpc) is 2.67. The minimum atomic E-state index is -0.840. The Kier molecular flexibility index (Phi) is 3.09. The predicted octanol–water partition coefficient (Wildman–Crippen LogP) is 2.74. The van der Waals surface area contributed by atoms with Crippen molar-refractivity contribution in [2.24, 2.45) is 0 Å². The second-order valence-corrected chi connectivity index (χ2v) is 4.37. The molecule has 1 aromatic carbocycles. The van der Waals surface area contributed by atoms with E-state index in [0.717, 1.165) is 11.1 Å². The van der Waals surface area contributed by atoms with Gasteiger partial charge in [-0.3, -0.25) is 0 Å². The molecule has 1 aromatic heterocycles. The van der Waals surface area contributed by atoms with Crippen molar-refractivity contribution in [2.75, 3.05) is 5.32 Å². The Bertz CT molecular complexity index is 499. The topological polar surface area (TPSA) is 37.8 Å². The summed E-state index contributed by atoms with van der Waals surface area (Å²) in [5.74, 6) is -1.66. The van der Waals surface area contributed by atoms with Crippen LogP contribution in [-0.2, 0) is 6.54 Å². The quantitative estimate of drug-likeness (QED) is 0.897. The first-order chi connectivity index (χ1) is 7.66. The Labute approximate surface area is 95.1 Å². The summed E-state index contributed by atoms with van der Waals surface area (Å²) in [6.45, 7) is 2.02. The molecule has 0 saturated heterocycles. The zero-order chi connectivity index (χ0) is 11.5. The molecule has 0 aliphatic heterocycles. The lowest BCUT2D eigenvalue weighted by Gasteiger charge is -2.04. The summed E-state index contributed by atoms with van der Waals surface area (Å²) >= 11 is 1.37. The van der Waals surface area contributed by atoms with Crippen LogP contribution in [0.15, 0.2) is 18.2 Å². The van der Waals surface area contributed by atoms with Gasteiger partial charge in [0, 0.05) is 12.1 Å². The zero-order valence-electron chi connectivity index (χ0n) is 8.50. The number of benzene rings is 1. The number of halogens is 2. The molecule has 0 bridgehead atoms. The van der Waals surface area contributed by atoms with Gasteiger partial charge in [-0.15, -0.1) is 10.2 Å². The molecule has 1 N–H and O–H groups in total. The van der Waals surface area contributed by atoms with E-state index in [1.807, 2.05) is 6.92 Å². The molecule has 84 valence electrons. The van der Waals surface area contributed by atoms with Gasteiger partial charge in [0.2, 0.25) is 5.13 Å². The number of anilines is 1. The van der Waals surface area contributed by atoms with Crippen molar-refractivity contribution in [2.45, 2.75) is 13.5 Å². The van der Waals surface area contributed by atoms with Crippen LogP contribution in [0.4, 0.5) is 13.9 Å². The third-order valence-electron chi connectivity index (χ3n) is 1.99. The van der Waals surface area contributed by atoms with Crippen LogP contribution < -0.4 is 5.32 Å². The smallest absolute Gasteiger partial charge is 0.205 e. The van der Waals surface area contributed by atoms with Gasteiger partial charge in [-0.05, 0) is 13.0 Å². The minimum absolute atomic E-state index is 0.193. The molecule has 0 fully saturated rings. The molecule has 0 unspecified atom stereocenters. The van der Waals surface area contributed by atoms with Crippen molar-refractivity contribution in [1.82, 2.24) is 10.2 Å². The zero-order valence-corrected chi connectivity index (χ0v) is 9.31. The number of aromatic nitrogens is 2. The number of rotatable bonds is 3. The molecule has 3 nitrogen and oxygen atoms in total. The third-order valence-corrected chi connectivity index (χ3v) is 2.78. The third kappa shape index (κ3) is 2.33. The lowest BCUT2D eigenvalue weighted by atomic mass is 10.2. The molecule has 6 heteroatoms. The molecule has 0 spiro atoms. The summed E-state index contributed by atoms with van der Waals surface area (Å²) in [6.07, 6.45) is 0. The molecule has 1 heterocycles. The molecule has 0 amide bonds. The lowest BCUT2D eigenvalue weighted by molar-refractivity contribution is 0.500. The molecular formula is C10H9F2N3S. The number of nitrogens with one attached hydrogen (secondary N) is 1. The Morgan fingerprint density at radius 2 is 2.12 bits per heavy atom. The SMILES string of the molecule is Cc1nnc(NCc2cccc(F)c2F)s1. The van der Waals surface area contributed by atoms with Gasteiger partial charge in [-0.1, -0.05) is 23.5 Å². The summed E-state index contributed by atoms with van der Waals surface area (Å²) in [7, 11) is 0. The fraction of sp³-hybridized carbons (Fsp3) is 0.200. The van der Waals surface area contributed by atoms with Gasteiger partial charge in [0.1, 0.15) is 5.01 Å². The van der Waals surface area contributed by atoms with E-state index in [1.165, 1.54) is 23.5 Å². The van der Waals surface area contributed by atoms with Crippen LogP contribution in [0.2, 0.25) is 0 Å². The van der Waals surface area contributed by atoms with Crippen molar-refractivity contribution >= 4 is 16.5 Å². The molecule has 0 aliphatic rings. The summed E-state index contributed by atoms with van der Waals surface area (Å²) in [5, 5.41) is 11.9. The van der Waals surface area contributed by atoms with Crippen molar-refractivity contribution in [1.29, 1.82) is 0 Å². The Balaban J connectivity index is 2.07. The van der Waals surface area contributed by atoms with Gasteiger partial charge in [0.05, 0.1) is 0 Å². The van der Waals surface area contributed by atoms with Crippen LogP contribution in [-0.4, -0.2) is 10.2 Å². The van der Waals surface area contributed by atoms with E-state index in [4.69, 9.17) is 0 Å². The highest BCUT2D eigenvalue weighted by molar-refractivity contribution is 7.15. The van der Waals surface area contributed by atoms with Crippen molar-refractivity contribution in [3.8, 4) is 0 Å². The number of hydrogen-bond donors (Lipinski definition) is 1. The van der Waals surface area contributed by atoms with Crippen LogP contribution >= 0.6 is 11.3 Å². The van der Waals surface area contributed by atoms with Crippen LogP contribution in [0.25, 0.3) is 0 Å². The second kappa shape index (κ2) is 4.52. The van der Waals surface area contributed by atoms with Crippen LogP contribution in [0.5, 0.6) is 0 Å². The maximum atomic E-state index is 13.3. The average molecular weight is 241 g/mol. The Hall–Kier alpha value is -1.56. The summed E-state index contributed by atoms with van der Waals surface area (Å²) in [4.78, 5) is 0. The minimum Gasteiger partial charge on any atom is -0.356 e. The normalized spacial score (nSPS) is 10.4. The summed E-state index contributed by atoms with van der Waals surface area (Å²) in [6, 6.07) is 4.09. The molecule has 0 atom stereocenters. The van der Waals surface area contributed by atoms with Crippen LogP contribution in [0, 0.1) is 18.6 Å². The van der Waals surface area contributed by atoms with Crippen molar-refractivity contribution in [3.63, 3.8) is 0 Å². The monoisotopic (exact) mass is 241 g/mol. The second-order valence-electron chi connectivity index (χ2n) is 3.19. The Morgan fingerprint density at radius 1 is 1.31 bits per heavy atom. The molecule has 0 radical (unpaired) electrons. The number of nitrogens with zero attached hydrogens (tertiary/aromatic N) is 2. The van der Waals surface area contributed by atoms with Crippen LogP contribution in [0.3, 0.4) is 0 Å².